The molecule has 2 aromatic rings. The number of nitrogens with zero attached hydrogens (tertiary/aromatic N) is 5. The van der Waals surface area contributed by atoms with Gasteiger partial charge in [-0.15, -0.1) is 0 Å². The quantitative estimate of drug-likeness (QED) is 0.267. The zero-order valence-electron chi connectivity index (χ0n) is 22.8. The summed E-state index contributed by atoms with van der Waals surface area (Å²) in [6.07, 6.45) is 2.77. The molecular formula is C28H43N7O. The Labute approximate surface area is 216 Å². The molecule has 0 saturated heterocycles. The van der Waals surface area contributed by atoms with Crippen molar-refractivity contribution in [2.45, 2.75) is 39.7 Å². The van der Waals surface area contributed by atoms with Crippen LogP contribution in [0.4, 0.5) is 17.2 Å². The van der Waals surface area contributed by atoms with E-state index >= 15 is 0 Å². The molecule has 1 aromatic carbocycles. The van der Waals surface area contributed by atoms with Crippen molar-refractivity contribution in [2.75, 3.05) is 57.0 Å². The fourth-order valence-corrected chi connectivity index (χ4v) is 3.66. The van der Waals surface area contributed by atoms with Crippen LogP contribution in [-0.2, 0) is 5.60 Å². The van der Waals surface area contributed by atoms with E-state index in [9.17, 15) is 5.11 Å². The molecule has 0 amide bonds. The molecule has 0 aliphatic heterocycles. The second-order valence-electron chi connectivity index (χ2n) is 9.40. The molecule has 0 unspecified atom stereocenters. The van der Waals surface area contributed by atoms with Gasteiger partial charge in [-0.25, -0.2) is 9.98 Å². The predicted molar refractivity (Wildman–Crippen MR) is 154 cm³/mol. The summed E-state index contributed by atoms with van der Waals surface area (Å²) in [6, 6.07) is 13.8. The van der Waals surface area contributed by atoms with Crippen LogP contribution in [0.1, 0.15) is 39.8 Å². The van der Waals surface area contributed by atoms with Crippen LogP contribution >= 0.6 is 0 Å². The summed E-state index contributed by atoms with van der Waals surface area (Å²) in [7, 11) is 4.15. The van der Waals surface area contributed by atoms with Gasteiger partial charge in [-0.05, 0) is 97.9 Å². The van der Waals surface area contributed by atoms with Crippen LogP contribution in [0, 0.1) is 0 Å². The number of amidine groups is 1. The summed E-state index contributed by atoms with van der Waals surface area (Å²) in [5.74, 6) is 1.21. The summed E-state index contributed by atoms with van der Waals surface area (Å²) >= 11 is 0. The molecule has 3 N–H and O–H groups in total. The van der Waals surface area contributed by atoms with Crippen LogP contribution in [0.25, 0.3) is 0 Å². The Morgan fingerprint density at radius 2 is 1.86 bits per heavy atom. The molecule has 0 bridgehead atoms. The average Bonchev–Trinajstić information content (AvgIpc) is 2.85. The number of likely N-dealkylation sites (N-methyl/N-ethyl adjacent to an activating group) is 2. The minimum Gasteiger partial charge on any atom is -0.384 e. The van der Waals surface area contributed by atoms with Gasteiger partial charge in [0.1, 0.15) is 17.3 Å². The molecular weight excluding hydrogens is 450 g/mol. The summed E-state index contributed by atoms with van der Waals surface area (Å²) in [5, 5.41) is 16.8. The molecule has 196 valence electrons. The minimum atomic E-state index is -1.04. The number of aliphatic imine (C=N–C) groups is 2. The molecule has 0 atom stereocenters. The highest BCUT2D eigenvalue weighted by Crippen LogP contribution is 2.23. The highest BCUT2D eigenvalue weighted by atomic mass is 16.3. The minimum absolute atomic E-state index is 0.576. The van der Waals surface area contributed by atoms with Crippen LogP contribution < -0.4 is 15.5 Å². The fraction of sp³-hybridized carbons (Fsp3) is 0.464. The first-order valence-corrected chi connectivity index (χ1v) is 12.5. The largest absolute Gasteiger partial charge is 0.384 e. The van der Waals surface area contributed by atoms with Crippen molar-refractivity contribution in [1.29, 1.82) is 0 Å². The second kappa shape index (κ2) is 14.5. The molecule has 1 heterocycles. The fourth-order valence-electron chi connectivity index (χ4n) is 3.66. The Hall–Kier alpha value is -3.07. The van der Waals surface area contributed by atoms with E-state index in [-0.39, 0.29) is 0 Å². The lowest BCUT2D eigenvalue weighted by molar-refractivity contribution is 0.0740. The molecule has 0 fully saturated rings. The number of hydrogen-bond donors (Lipinski definition) is 3. The standard InChI is InChI=1S/C28H43N7O/c1-8-35(19-10-18-34(7)20-17-29-5)24-15-13-23(14-16-24)31-27(22(2)21-30-6)33-26-12-9-11-25(32-26)28(3,4)36/h9,11-16,21,29,36H,6,8,10,17-20H2,1-5,7H3,(H,31,32,33)/b22-21-. The second-order valence-corrected chi connectivity index (χ2v) is 9.40. The Kier molecular flexibility index (Phi) is 11.7. The highest BCUT2D eigenvalue weighted by Gasteiger charge is 2.18. The first kappa shape index (κ1) is 29.2. The number of anilines is 2. The number of aromatic nitrogens is 1. The van der Waals surface area contributed by atoms with Crippen LogP contribution in [0.5, 0.6) is 0 Å². The molecule has 0 radical (unpaired) electrons. The average molecular weight is 494 g/mol. The third-order valence-electron chi connectivity index (χ3n) is 5.83. The van der Waals surface area contributed by atoms with Crippen molar-refractivity contribution < 1.29 is 5.11 Å². The van der Waals surface area contributed by atoms with Crippen molar-refractivity contribution in [1.82, 2.24) is 15.2 Å². The van der Waals surface area contributed by atoms with E-state index in [1.165, 1.54) is 5.69 Å². The van der Waals surface area contributed by atoms with E-state index in [1.807, 2.05) is 38.2 Å². The molecule has 0 aliphatic carbocycles. The van der Waals surface area contributed by atoms with Crippen molar-refractivity contribution in [3.05, 3.63) is 59.9 Å². The maximum atomic E-state index is 10.3. The lowest BCUT2D eigenvalue weighted by atomic mass is 10.1. The van der Waals surface area contributed by atoms with Gasteiger partial charge in [0.25, 0.3) is 0 Å². The monoisotopic (exact) mass is 493 g/mol. The maximum absolute atomic E-state index is 10.3. The van der Waals surface area contributed by atoms with Gasteiger partial charge < -0.3 is 25.5 Å². The zero-order chi connectivity index (χ0) is 26.6. The molecule has 1 aromatic heterocycles. The number of aliphatic hydroxyl groups is 1. The van der Waals surface area contributed by atoms with Crippen molar-refractivity contribution in [3.63, 3.8) is 0 Å². The van der Waals surface area contributed by atoms with Gasteiger partial charge >= 0.3 is 0 Å². The van der Waals surface area contributed by atoms with Crippen LogP contribution in [0.15, 0.2) is 64.2 Å². The van der Waals surface area contributed by atoms with Crippen LogP contribution in [0.2, 0.25) is 0 Å². The molecule has 2 rings (SSSR count). The van der Waals surface area contributed by atoms with E-state index in [0.29, 0.717) is 17.3 Å². The highest BCUT2D eigenvalue weighted by molar-refractivity contribution is 6.08. The molecule has 8 nitrogen and oxygen atoms in total. The van der Waals surface area contributed by atoms with Gasteiger partial charge in [0, 0.05) is 43.6 Å². The van der Waals surface area contributed by atoms with Gasteiger partial charge in [0.15, 0.2) is 0 Å². The number of pyridine rings is 1. The smallest absolute Gasteiger partial charge is 0.136 e. The topological polar surface area (TPSA) is 88.4 Å². The first-order chi connectivity index (χ1) is 17.2. The SMILES string of the molecule is C=N/C=C(C)\C(=N/c1ccc(N(CC)CCCN(C)CCNC)cc1)Nc1cccc(C(C)(C)O)n1. The summed E-state index contributed by atoms with van der Waals surface area (Å²) in [4.78, 5) is 18.0. The van der Waals surface area contributed by atoms with Gasteiger partial charge in [-0.3, -0.25) is 4.99 Å². The molecule has 36 heavy (non-hydrogen) atoms. The van der Waals surface area contributed by atoms with E-state index in [1.54, 1.807) is 26.1 Å². The van der Waals surface area contributed by atoms with Crippen LogP contribution in [0.3, 0.4) is 0 Å². The molecule has 0 spiro atoms. The lowest BCUT2D eigenvalue weighted by Crippen LogP contribution is -2.31. The number of hydrogen-bond acceptors (Lipinski definition) is 7. The third-order valence-corrected chi connectivity index (χ3v) is 5.83. The summed E-state index contributed by atoms with van der Waals surface area (Å²) in [6.45, 7) is 16.2. The summed E-state index contributed by atoms with van der Waals surface area (Å²) in [5.41, 5.74) is 2.36. The van der Waals surface area contributed by atoms with E-state index in [4.69, 9.17) is 4.99 Å². The molecule has 0 saturated carbocycles. The normalized spacial score (nSPS) is 12.7. The lowest BCUT2D eigenvalue weighted by Gasteiger charge is -2.25. The maximum Gasteiger partial charge on any atom is 0.136 e. The van der Waals surface area contributed by atoms with Gasteiger partial charge in [0.2, 0.25) is 0 Å². The van der Waals surface area contributed by atoms with E-state index < -0.39 is 5.60 Å². The van der Waals surface area contributed by atoms with Crippen LogP contribution in [-0.4, -0.2) is 74.4 Å². The van der Waals surface area contributed by atoms with E-state index in [2.05, 4.69) is 63.2 Å². The summed E-state index contributed by atoms with van der Waals surface area (Å²) < 4.78 is 0. The number of nitrogens with one attached hydrogen (secondary N) is 2. The Balaban J connectivity index is 2.16. The van der Waals surface area contributed by atoms with Gasteiger partial charge in [0.05, 0.1) is 11.4 Å². The van der Waals surface area contributed by atoms with Gasteiger partial charge in [-0.1, -0.05) is 6.07 Å². The predicted octanol–water partition coefficient (Wildman–Crippen LogP) is 4.42. The van der Waals surface area contributed by atoms with Crippen molar-refractivity contribution in [2.24, 2.45) is 9.98 Å². The Morgan fingerprint density at radius 3 is 2.47 bits per heavy atom. The zero-order valence-corrected chi connectivity index (χ0v) is 22.8. The van der Waals surface area contributed by atoms with Gasteiger partial charge in [-0.2, -0.15) is 0 Å². The Bertz CT molecular complexity index is 1010. The van der Waals surface area contributed by atoms with E-state index in [0.717, 1.165) is 50.4 Å². The van der Waals surface area contributed by atoms with Crippen molar-refractivity contribution in [3.8, 4) is 0 Å². The number of benzene rings is 1. The Morgan fingerprint density at radius 1 is 1.14 bits per heavy atom. The number of rotatable bonds is 14. The van der Waals surface area contributed by atoms with Crippen molar-refractivity contribution >= 4 is 29.7 Å². The first-order valence-electron chi connectivity index (χ1n) is 12.5. The third kappa shape index (κ3) is 9.53. The molecule has 8 heteroatoms. The molecule has 0 aliphatic rings.